The van der Waals surface area contributed by atoms with Crippen LogP contribution in [-0.2, 0) is 9.53 Å². The molecule has 5 nitrogen and oxygen atoms in total. The number of hydrogen-bond donors (Lipinski definition) is 2. The molecule has 3 atom stereocenters. The Hall–Kier alpha value is -0.650. The Kier molecular flexibility index (Phi) is 5.36. The van der Waals surface area contributed by atoms with Crippen molar-refractivity contribution in [3.63, 3.8) is 0 Å². The Balaban J connectivity index is 2.35. The number of carboxylic acid groups (broad SMARTS) is 1. The number of likely N-dealkylation sites (tertiary alicyclic amines) is 1. The molecule has 2 N–H and O–H groups in total. The first-order chi connectivity index (χ1) is 7.91. The second-order valence-corrected chi connectivity index (χ2v) is 5.00. The normalized spacial score (nSPS) is 27.6. The standard InChI is InChI=1S/C12H23NO4/c1-8(2)17-7-10(14)6-13-5-4-11(9(13)3)12(15)16/h8-11,14H,4-7H2,1-3H3,(H,15,16). The van der Waals surface area contributed by atoms with Gasteiger partial charge in [-0.3, -0.25) is 9.69 Å². The third kappa shape index (κ3) is 4.26. The van der Waals surface area contributed by atoms with Crippen molar-refractivity contribution in [3.8, 4) is 0 Å². The molecule has 5 heteroatoms. The summed E-state index contributed by atoms with van der Waals surface area (Å²) in [7, 11) is 0. The van der Waals surface area contributed by atoms with Crippen molar-refractivity contribution in [3.05, 3.63) is 0 Å². The Labute approximate surface area is 102 Å². The third-order valence-corrected chi connectivity index (χ3v) is 3.27. The topological polar surface area (TPSA) is 70.0 Å². The van der Waals surface area contributed by atoms with Crippen LogP contribution in [0.15, 0.2) is 0 Å². The molecule has 0 aromatic heterocycles. The van der Waals surface area contributed by atoms with Crippen molar-refractivity contribution >= 4 is 5.97 Å². The van der Waals surface area contributed by atoms with E-state index in [1.165, 1.54) is 0 Å². The zero-order valence-corrected chi connectivity index (χ0v) is 10.8. The fourth-order valence-electron chi connectivity index (χ4n) is 2.22. The molecule has 0 aromatic carbocycles. The molecule has 0 saturated carbocycles. The summed E-state index contributed by atoms with van der Waals surface area (Å²) in [4.78, 5) is 13.0. The predicted octanol–water partition coefficient (Wildman–Crippen LogP) is 0.567. The molecule has 1 rings (SSSR count). The van der Waals surface area contributed by atoms with Crippen molar-refractivity contribution in [1.82, 2.24) is 4.90 Å². The fraction of sp³-hybridized carbons (Fsp3) is 0.917. The van der Waals surface area contributed by atoms with Crippen molar-refractivity contribution in [2.24, 2.45) is 5.92 Å². The van der Waals surface area contributed by atoms with Gasteiger partial charge < -0.3 is 14.9 Å². The van der Waals surface area contributed by atoms with E-state index < -0.39 is 12.1 Å². The first kappa shape index (κ1) is 14.4. The van der Waals surface area contributed by atoms with E-state index in [0.29, 0.717) is 19.6 Å². The van der Waals surface area contributed by atoms with Gasteiger partial charge in [-0.15, -0.1) is 0 Å². The highest BCUT2D eigenvalue weighted by molar-refractivity contribution is 5.71. The monoisotopic (exact) mass is 245 g/mol. The van der Waals surface area contributed by atoms with Gasteiger partial charge in [0, 0.05) is 12.6 Å². The van der Waals surface area contributed by atoms with Crippen LogP contribution in [-0.4, -0.2) is 59.0 Å². The summed E-state index contributed by atoms with van der Waals surface area (Å²) in [5.41, 5.74) is 0. The average Bonchev–Trinajstić information content (AvgIpc) is 2.58. The molecular formula is C12H23NO4. The molecular weight excluding hydrogens is 222 g/mol. The van der Waals surface area contributed by atoms with Gasteiger partial charge in [-0.1, -0.05) is 0 Å². The highest BCUT2D eigenvalue weighted by Gasteiger charge is 2.36. The maximum atomic E-state index is 10.9. The van der Waals surface area contributed by atoms with Crippen LogP contribution in [0.2, 0.25) is 0 Å². The molecule has 100 valence electrons. The quantitative estimate of drug-likeness (QED) is 0.716. The first-order valence-corrected chi connectivity index (χ1v) is 6.18. The Bertz CT molecular complexity index is 257. The van der Waals surface area contributed by atoms with Gasteiger partial charge in [-0.2, -0.15) is 0 Å². The summed E-state index contributed by atoms with van der Waals surface area (Å²) >= 11 is 0. The number of aliphatic hydroxyl groups is 1. The lowest BCUT2D eigenvalue weighted by Crippen LogP contribution is -2.39. The van der Waals surface area contributed by atoms with Crippen molar-refractivity contribution in [1.29, 1.82) is 0 Å². The van der Waals surface area contributed by atoms with Gasteiger partial charge in [0.2, 0.25) is 0 Å². The van der Waals surface area contributed by atoms with Gasteiger partial charge in [0.15, 0.2) is 0 Å². The van der Waals surface area contributed by atoms with Crippen LogP contribution in [0, 0.1) is 5.92 Å². The summed E-state index contributed by atoms with van der Waals surface area (Å²) in [6.07, 6.45) is 0.216. The second kappa shape index (κ2) is 6.33. The summed E-state index contributed by atoms with van der Waals surface area (Å²) in [5.74, 6) is -1.05. The molecule has 17 heavy (non-hydrogen) atoms. The van der Waals surface area contributed by atoms with E-state index in [-0.39, 0.29) is 18.1 Å². The summed E-state index contributed by atoms with van der Waals surface area (Å²) in [5, 5.41) is 18.8. The van der Waals surface area contributed by atoms with Gasteiger partial charge in [-0.25, -0.2) is 0 Å². The van der Waals surface area contributed by atoms with Crippen molar-refractivity contribution < 1.29 is 19.7 Å². The van der Waals surface area contributed by atoms with E-state index in [1.807, 2.05) is 25.7 Å². The minimum atomic E-state index is -0.743. The van der Waals surface area contributed by atoms with E-state index in [2.05, 4.69) is 0 Å². The number of rotatable bonds is 6. The summed E-state index contributed by atoms with van der Waals surface area (Å²) in [6.45, 7) is 7.27. The molecule has 1 saturated heterocycles. The molecule has 0 aliphatic carbocycles. The maximum absolute atomic E-state index is 10.9. The number of β-amino-alcohol motifs (C(OH)–C–C–N with tert-alkyl or cyclic N) is 1. The highest BCUT2D eigenvalue weighted by Crippen LogP contribution is 2.24. The number of aliphatic carboxylic acids is 1. The zero-order valence-electron chi connectivity index (χ0n) is 10.8. The predicted molar refractivity (Wildman–Crippen MR) is 63.9 cm³/mol. The summed E-state index contributed by atoms with van der Waals surface area (Å²) in [6, 6.07) is -0.0128. The smallest absolute Gasteiger partial charge is 0.308 e. The molecule has 1 heterocycles. The molecule has 0 aromatic rings. The molecule has 0 bridgehead atoms. The van der Waals surface area contributed by atoms with Crippen LogP contribution in [0.4, 0.5) is 0 Å². The molecule has 1 aliphatic heterocycles. The molecule has 0 spiro atoms. The maximum Gasteiger partial charge on any atom is 0.308 e. The number of ether oxygens (including phenoxy) is 1. The Morgan fingerprint density at radius 2 is 2.18 bits per heavy atom. The van der Waals surface area contributed by atoms with E-state index in [9.17, 15) is 9.90 Å². The lowest BCUT2D eigenvalue weighted by atomic mass is 10.0. The number of nitrogens with zero attached hydrogens (tertiary/aromatic N) is 1. The van der Waals surface area contributed by atoms with Gasteiger partial charge in [0.05, 0.1) is 24.7 Å². The largest absolute Gasteiger partial charge is 0.481 e. The minimum Gasteiger partial charge on any atom is -0.481 e. The molecule has 0 amide bonds. The lowest BCUT2D eigenvalue weighted by Gasteiger charge is -2.25. The molecule has 1 aliphatic rings. The van der Waals surface area contributed by atoms with E-state index >= 15 is 0 Å². The number of carbonyl (C=O) groups is 1. The Morgan fingerprint density at radius 3 is 2.65 bits per heavy atom. The third-order valence-electron chi connectivity index (χ3n) is 3.27. The van der Waals surface area contributed by atoms with Gasteiger partial charge in [0.1, 0.15) is 0 Å². The number of hydrogen-bond acceptors (Lipinski definition) is 4. The number of aliphatic hydroxyl groups excluding tert-OH is 1. The first-order valence-electron chi connectivity index (χ1n) is 6.18. The van der Waals surface area contributed by atoms with E-state index in [4.69, 9.17) is 9.84 Å². The second-order valence-electron chi connectivity index (χ2n) is 5.00. The summed E-state index contributed by atoms with van der Waals surface area (Å²) < 4.78 is 5.33. The van der Waals surface area contributed by atoms with Crippen LogP contribution >= 0.6 is 0 Å². The van der Waals surface area contributed by atoms with Gasteiger partial charge in [-0.05, 0) is 33.7 Å². The average molecular weight is 245 g/mol. The highest BCUT2D eigenvalue weighted by atomic mass is 16.5. The molecule has 1 fully saturated rings. The van der Waals surface area contributed by atoms with Crippen molar-refractivity contribution in [2.45, 2.75) is 45.4 Å². The van der Waals surface area contributed by atoms with E-state index in [1.54, 1.807) is 0 Å². The zero-order chi connectivity index (χ0) is 13.0. The van der Waals surface area contributed by atoms with Crippen LogP contribution < -0.4 is 0 Å². The van der Waals surface area contributed by atoms with Crippen molar-refractivity contribution in [2.75, 3.05) is 19.7 Å². The SMILES string of the molecule is CC(C)OCC(O)CN1CCC(C(=O)O)C1C. The lowest BCUT2D eigenvalue weighted by molar-refractivity contribution is -0.142. The molecule has 3 unspecified atom stereocenters. The van der Waals surface area contributed by atoms with Gasteiger partial charge >= 0.3 is 5.97 Å². The van der Waals surface area contributed by atoms with Gasteiger partial charge in [0.25, 0.3) is 0 Å². The molecule has 0 radical (unpaired) electrons. The fourth-order valence-corrected chi connectivity index (χ4v) is 2.22. The minimum absolute atomic E-state index is 0.0128. The van der Waals surface area contributed by atoms with E-state index in [0.717, 1.165) is 6.54 Å². The Morgan fingerprint density at radius 1 is 1.53 bits per heavy atom. The van der Waals surface area contributed by atoms with Crippen LogP contribution in [0.1, 0.15) is 27.2 Å². The van der Waals surface area contributed by atoms with Crippen LogP contribution in [0.3, 0.4) is 0 Å². The van der Waals surface area contributed by atoms with Crippen LogP contribution in [0.5, 0.6) is 0 Å². The number of carboxylic acids is 1. The van der Waals surface area contributed by atoms with Crippen LogP contribution in [0.25, 0.3) is 0 Å².